The van der Waals surface area contributed by atoms with Crippen LogP contribution in [0.5, 0.6) is 17.2 Å². The van der Waals surface area contributed by atoms with Crippen molar-refractivity contribution in [2.45, 2.75) is 13.5 Å². The molecule has 0 aliphatic heterocycles. The molecule has 0 amide bonds. The zero-order valence-corrected chi connectivity index (χ0v) is 11.7. The van der Waals surface area contributed by atoms with Gasteiger partial charge >= 0.3 is 0 Å². The van der Waals surface area contributed by atoms with Crippen molar-refractivity contribution < 1.29 is 13.9 Å². The lowest BCUT2D eigenvalue weighted by atomic mass is 10.2. The van der Waals surface area contributed by atoms with Gasteiger partial charge in [-0.05, 0) is 48.5 Å². The van der Waals surface area contributed by atoms with Crippen molar-refractivity contribution in [3.63, 3.8) is 0 Å². The summed E-state index contributed by atoms with van der Waals surface area (Å²) in [7, 11) is 1.61. The van der Waals surface area contributed by atoms with Gasteiger partial charge in [-0.3, -0.25) is 0 Å². The largest absolute Gasteiger partial charge is 0.497 e. The van der Waals surface area contributed by atoms with Gasteiger partial charge in [-0.2, -0.15) is 0 Å². The summed E-state index contributed by atoms with van der Waals surface area (Å²) in [6, 6.07) is 11.9. The van der Waals surface area contributed by atoms with E-state index in [1.807, 2.05) is 13.0 Å². The highest BCUT2D eigenvalue weighted by Gasteiger charge is 2.03. The van der Waals surface area contributed by atoms with Crippen molar-refractivity contribution in [3.8, 4) is 17.2 Å². The molecule has 2 aromatic rings. The average molecular weight is 275 g/mol. The Morgan fingerprint density at radius 3 is 2.35 bits per heavy atom. The van der Waals surface area contributed by atoms with Gasteiger partial charge in [-0.1, -0.05) is 6.92 Å². The van der Waals surface area contributed by atoms with Crippen LogP contribution in [0.3, 0.4) is 0 Å². The summed E-state index contributed by atoms with van der Waals surface area (Å²) >= 11 is 0. The molecule has 0 spiro atoms. The number of methoxy groups -OCH3 is 1. The maximum Gasteiger partial charge on any atom is 0.130 e. The second kappa shape index (κ2) is 6.91. The molecule has 0 radical (unpaired) electrons. The molecule has 0 aliphatic rings. The van der Waals surface area contributed by atoms with Crippen LogP contribution < -0.4 is 14.8 Å². The lowest BCUT2D eigenvalue weighted by molar-refractivity contribution is 0.412. The summed E-state index contributed by atoms with van der Waals surface area (Å²) < 4.78 is 24.3. The van der Waals surface area contributed by atoms with Crippen molar-refractivity contribution in [2.75, 3.05) is 13.7 Å². The third-order valence-corrected chi connectivity index (χ3v) is 2.81. The normalized spacial score (nSPS) is 10.3. The molecule has 3 nitrogen and oxygen atoms in total. The van der Waals surface area contributed by atoms with Crippen LogP contribution in [0.25, 0.3) is 0 Å². The van der Waals surface area contributed by atoms with E-state index in [1.165, 1.54) is 12.1 Å². The van der Waals surface area contributed by atoms with Crippen LogP contribution in [0.2, 0.25) is 0 Å². The molecule has 1 N–H and O–H groups in total. The molecule has 20 heavy (non-hydrogen) atoms. The van der Waals surface area contributed by atoms with Gasteiger partial charge in [-0.15, -0.1) is 0 Å². The number of halogens is 1. The first-order chi connectivity index (χ1) is 9.71. The maximum atomic E-state index is 13.5. The number of rotatable bonds is 6. The Kier molecular flexibility index (Phi) is 4.96. The summed E-state index contributed by atoms with van der Waals surface area (Å²) in [6.07, 6.45) is 0. The van der Waals surface area contributed by atoms with Crippen LogP contribution in [-0.4, -0.2) is 13.7 Å². The first kappa shape index (κ1) is 14.3. The molecule has 0 aliphatic carbocycles. The fraction of sp³-hybridized carbons (Fsp3) is 0.250. The fourth-order valence-electron chi connectivity index (χ4n) is 1.83. The molecule has 0 bridgehead atoms. The van der Waals surface area contributed by atoms with Crippen LogP contribution >= 0.6 is 0 Å². The fourth-order valence-corrected chi connectivity index (χ4v) is 1.83. The molecular formula is C16H18FNO2. The third kappa shape index (κ3) is 3.96. The van der Waals surface area contributed by atoms with Gasteiger partial charge in [0.25, 0.3) is 0 Å². The molecule has 0 heterocycles. The number of benzene rings is 2. The molecule has 106 valence electrons. The van der Waals surface area contributed by atoms with Crippen molar-refractivity contribution in [2.24, 2.45) is 0 Å². The lowest BCUT2D eigenvalue weighted by Gasteiger charge is -2.09. The van der Waals surface area contributed by atoms with Gasteiger partial charge in [0.05, 0.1) is 7.11 Å². The predicted octanol–water partition coefficient (Wildman–Crippen LogP) is 3.74. The van der Waals surface area contributed by atoms with Crippen LogP contribution in [0.1, 0.15) is 12.5 Å². The van der Waals surface area contributed by atoms with E-state index in [2.05, 4.69) is 5.32 Å². The highest BCUT2D eigenvalue weighted by Crippen LogP contribution is 2.25. The quantitative estimate of drug-likeness (QED) is 0.871. The van der Waals surface area contributed by atoms with Crippen LogP contribution in [0, 0.1) is 5.82 Å². The second-order valence-corrected chi connectivity index (χ2v) is 4.35. The first-order valence-corrected chi connectivity index (χ1v) is 6.53. The van der Waals surface area contributed by atoms with E-state index in [4.69, 9.17) is 9.47 Å². The third-order valence-electron chi connectivity index (χ3n) is 2.81. The zero-order chi connectivity index (χ0) is 14.4. The van der Waals surface area contributed by atoms with E-state index in [0.717, 1.165) is 17.9 Å². The minimum atomic E-state index is -0.302. The van der Waals surface area contributed by atoms with E-state index < -0.39 is 0 Å². The molecule has 0 atom stereocenters. The number of hydrogen-bond donors (Lipinski definition) is 1. The molecule has 0 aromatic heterocycles. The maximum absolute atomic E-state index is 13.5. The van der Waals surface area contributed by atoms with Gasteiger partial charge in [0, 0.05) is 12.6 Å². The average Bonchev–Trinajstić information content (AvgIpc) is 2.45. The Morgan fingerprint density at radius 2 is 1.70 bits per heavy atom. The van der Waals surface area contributed by atoms with Crippen LogP contribution in [0.4, 0.5) is 4.39 Å². The van der Waals surface area contributed by atoms with Crippen molar-refractivity contribution in [3.05, 3.63) is 53.8 Å². The first-order valence-electron chi connectivity index (χ1n) is 6.53. The van der Waals surface area contributed by atoms with E-state index in [-0.39, 0.29) is 5.82 Å². The molecule has 0 fully saturated rings. The molecular weight excluding hydrogens is 257 g/mol. The van der Waals surface area contributed by atoms with Crippen molar-refractivity contribution in [1.82, 2.24) is 5.32 Å². The minimum Gasteiger partial charge on any atom is -0.497 e. The molecule has 2 aromatic carbocycles. The van der Waals surface area contributed by atoms with Gasteiger partial charge in [-0.25, -0.2) is 4.39 Å². The van der Waals surface area contributed by atoms with Crippen molar-refractivity contribution >= 4 is 0 Å². The highest BCUT2D eigenvalue weighted by atomic mass is 19.1. The Labute approximate surface area is 118 Å². The van der Waals surface area contributed by atoms with Crippen LogP contribution in [0.15, 0.2) is 42.5 Å². The summed E-state index contributed by atoms with van der Waals surface area (Å²) in [5.74, 6) is 1.59. The molecule has 2 rings (SSSR count). The standard InChI is InChI=1S/C16H18FNO2/c1-3-18-11-12-8-13(17)10-16(9-12)20-15-6-4-14(19-2)5-7-15/h4-10,18H,3,11H2,1-2H3. The Hall–Kier alpha value is -2.07. The van der Waals surface area contributed by atoms with Gasteiger partial charge in [0.1, 0.15) is 23.1 Å². The number of hydrogen-bond acceptors (Lipinski definition) is 3. The molecule has 0 unspecified atom stereocenters. The van der Waals surface area contributed by atoms with E-state index in [1.54, 1.807) is 31.4 Å². The summed E-state index contributed by atoms with van der Waals surface area (Å²) in [4.78, 5) is 0. The Balaban J connectivity index is 2.12. The van der Waals surface area contributed by atoms with E-state index >= 15 is 0 Å². The van der Waals surface area contributed by atoms with Crippen molar-refractivity contribution in [1.29, 1.82) is 0 Å². The summed E-state index contributed by atoms with van der Waals surface area (Å²) in [5, 5.41) is 3.16. The molecule has 4 heteroatoms. The van der Waals surface area contributed by atoms with E-state index in [0.29, 0.717) is 18.0 Å². The summed E-state index contributed by atoms with van der Waals surface area (Å²) in [6.45, 7) is 3.46. The van der Waals surface area contributed by atoms with E-state index in [9.17, 15) is 4.39 Å². The zero-order valence-electron chi connectivity index (χ0n) is 11.7. The van der Waals surface area contributed by atoms with Gasteiger partial charge < -0.3 is 14.8 Å². The lowest BCUT2D eigenvalue weighted by Crippen LogP contribution is -2.11. The SMILES string of the molecule is CCNCc1cc(F)cc(Oc2ccc(OC)cc2)c1. The number of ether oxygens (including phenoxy) is 2. The van der Waals surface area contributed by atoms with Gasteiger partial charge in [0.2, 0.25) is 0 Å². The Bertz CT molecular complexity index is 555. The highest BCUT2D eigenvalue weighted by molar-refractivity contribution is 5.37. The summed E-state index contributed by atoms with van der Waals surface area (Å²) in [5.41, 5.74) is 0.857. The molecule has 0 saturated heterocycles. The second-order valence-electron chi connectivity index (χ2n) is 4.35. The molecule has 0 saturated carbocycles. The van der Waals surface area contributed by atoms with Gasteiger partial charge in [0.15, 0.2) is 0 Å². The number of nitrogens with one attached hydrogen (secondary N) is 1. The smallest absolute Gasteiger partial charge is 0.130 e. The minimum absolute atomic E-state index is 0.302. The topological polar surface area (TPSA) is 30.5 Å². The van der Waals surface area contributed by atoms with Crippen LogP contribution in [-0.2, 0) is 6.54 Å². The Morgan fingerprint density at radius 1 is 1.00 bits per heavy atom. The monoisotopic (exact) mass is 275 g/mol. The predicted molar refractivity (Wildman–Crippen MR) is 76.8 cm³/mol.